The molecule has 4 nitrogen and oxygen atoms in total. The molecule has 0 heterocycles. The van der Waals surface area contributed by atoms with E-state index < -0.39 is 0 Å². The Morgan fingerprint density at radius 2 is 2.00 bits per heavy atom. The molecule has 4 N–H and O–H groups in total. The zero-order chi connectivity index (χ0) is 13.8. The fourth-order valence-electron chi connectivity index (χ4n) is 1.69. The molecule has 1 amide bonds. The van der Waals surface area contributed by atoms with Crippen molar-refractivity contribution >= 4 is 33.2 Å². The van der Waals surface area contributed by atoms with Gasteiger partial charge in [0.05, 0.1) is 12.2 Å². The molecular formula is C14H13BrN2O2. The number of amides is 1. The highest BCUT2D eigenvalue weighted by Crippen LogP contribution is 2.22. The standard InChI is InChI=1S/C14H13BrN2O2/c15-12-6-5-10(16)7-11(12)14(19)17-13-4-2-1-3-9(13)8-18/h1-7,18H,8,16H2,(H,17,19). The molecular weight excluding hydrogens is 308 g/mol. The number of nitrogen functional groups attached to an aromatic ring is 1. The Labute approximate surface area is 119 Å². The second-order valence-corrected chi connectivity index (χ2v) is 4.86. The SMILES string of the molecule is Nc1ccc(Br)c(C(=O)Nc2ccccc2CO)c1. The predicted octanol–water partition coefficient (Wildman–Crippen LogP) is 2.78. The summed E-state index contributed by atoms with van der Waals surface area (Å²) >= 11 is 3.31. The van der Waals surface area contributed by atoms with Crippen LogP contribution >= 0.6 is 15.9 Å². The zero-order valence-corrected chi connectivity index (χ0v) is 11.6. The Bertz CT molecular complexity index is 614. The summed E-state index contributed by atoms with van der Waals surface area (Å²) in [5, 5.41) is 12.0. The predicted molar refractivity (Wildman–Crippen MR) is 78.9 cm³/mol. The number of rotatable bonds is 3. The van der Waals surface area contributed by atoms with E-state index in [0.29, 0.717) is 27.0 Å². The lowest BCUT2D eigenvalue weighted by Crippen LogP contribution is -2.14. The van der Waals surface area contributed by atoms with E-state index in [9.17, 15) is 9.90 Å². The smallest absolute Gasteiger partial charge is 0.256 e. The second-order valence-electron chi connectivity index (χ2n) is 4.01. The number of para-hydroxylation sites is 1. The van der Waals surface area contributed by atoms with Crippen LogP contribution in [0.25, 0.3) is 0 Å². The first-order valence-corrected chi connectivity index (χ1v) is 6.46. The first-order valence-electron chi connectivity index (χ1n) is 5.67. The molecule has 0 aliphatic carbocycles. The van der Waals surface area contributed by atoms with Gasteiger partial charge in [0.1, 0.15) is 0 Å². The molecule has 0 atom stereocenters. The molecule has 0 unspecified atom stereocenters. The molecule has 2 aromatic rings. The summed E-state index contributed by atoms with van der Waals surface area (Å²) in [6, 6.07) is 12.1. The lowest BCUT2D eigenvalue weighted by molar-refractivity contribution is 0.102. The van der Waals surface area contributed by atoms with Crippen LogP contribution in [0.5, 0.6) is 0 Å². The van der Waals surface area contributed by atoms with Crippen molar-refractivity contribution in [3.05, 3.63) is 58.1 Å². The number of benzene rings is 2. The molecule has 98 valence electrons. The average molecular weight is 321 g/mol. The quantitative estimate of drug-likeness (QED) is 0.761. The zero-order valence-electron chi connectivity index (χ0n) is 10.1. The van der Waals surface area contributed by atoms with Crippen molar-refractivity contribution in [3.8, 4) is 0 Å². The van der Waals surface area contributed by atoms with Crippen LogP contribution in [0.2, 0.25) is 0 Å². The van der Waals surface area contributed by atoms with Crippen LogP contribution in [-0.4, -0.2) is 11.0 Å². The van der Waals surface area contributed by atoms with Crippen LogP contribution < -0.4 is 11.1 Å². The van der Waals surface area contributed by atoms with Crippen molar-refractivity contribution in [2.24, 2.45) is 0 Å². The summed E-state index contributed by atoms with van der Waals surface area (Å²) in [7, 11) is 0. The van der Waals surface area contributed by atoms with Crippen molar-refractivity contribution < 1.29 is 9.90 Å². The van der Waals surface area contributed by atoms with E-state index in [1.807, 2.05) is 0 Å². The number of hydrogen-bond donors (Lipinski definition) is 3. The number of nitrogens with one attached hydrogen (secondary N) is 1. The summed E-state index contributed by atoms with van der Waals surface area (Å²) in [4.78, 5) is 12.2. The van der Waals surface area contributed by atoms with Crippen LogP contribution in [0.15, 0.2) is 46.9 Å². The normalized spacial score (nSPS) is 10.2. The highest BCUT2D eigenvalue weighted by molar-refractivity contribution is 9.10. The third-order valence-corrected chi connectivity index (χ3v) is 3.36. The molecule has 19 heavy (non-hydrogen) atoms. The fourth-order valence-corrected chi connectivity index (χ4v) is 2.11. The van der Waals surface area contributed by atoms with Crippen molar-refractivity contribution in [1.82, 2.24) is 0 Å². The molecule has 0 radical (unpaired) electrons. The number of halogens is 1. The van der Waals surface area contributed by atoms with Gasteiger partial charge in [-0.1, -0.05) is 18.2 Å². The highest BCUT2D eigenvalue weighted by atomic mass is 79.9. The van der Waals surface area contributed by atoms with Gasteiger partial charge in [-0.25, -0.2) is 0 Å². The number of aliphatic hydroxyl groups excluding tert-OH is 1. The summed E-state index contributed by atoms with van der Waals surface area (Å²) in [5.41, 5.74) is 7.89. The van der Waals surface area contributed by atoms with Crippen molar-refractivity contribution in [1.29, 1.82) is 0 Å². The molecule has 0 aliphatic heterocycles. The van der Waals surface area contributed by atoms with Crippen molar-refractivity contribution in [3.63, 3.8) is 0 Å². The fraction of sp³-hybridized carbons (Fsp3) is 0.0714. The van der Waals surface area contributed by atoms with Crippen molar-refractivity contribution in [2.45, 2.75) is 6.61 Å². The first-order chi connectivity index (χ1) is 9.11. The third-order valence-electron chi connectivity index (χ3n) is 2.67. The Hall–Kier alpha value is -1.85. The van der Waals surface area contributed by atoms with E-state index in [-0.39, 0.29) is 12.5 Å². The van der Waals surface area contributed by atoms with Gasteiger partial charge in [0, 0.05) is 21.4 Å². The molecule has 5 heteroatoms. The van der Waals surface area contributed by atoms with Gasteiger partial charge in [-0.3, -0.25) is 4.79 Å². The van der Waals surface area contributed by atoms with Crippen LogP contribution in [0, 0.1) is 0 Å². The lowest BCUT2D eigenvalue weighted by atomic mass is 10.1. The van der Waals surface area contributed by atoms with Gasteiger partial charge in [0.25, 0.3) is 5.91 Å². The number of aliphatic hydroxyl groups is 1. The van der Waals surface area contributed by atoms with E-state index in [1.165, 1.54) is 0 Å². The molecule has 0 aromatic heterocycles. The van der Waals surface area contributed by atoms with Gasteiger partial charge >= 0.3 is 0 Å². The Morgan fingerprint density at radius 1 is 1.26 bits per heavy atom. The summed E-state index contributed by atoms with van der Waals surface area (Å²) in [6.45, 7) is -0.130. The molecule has 2 aromatic carbocycles. The van der Waals surface area contributed by atoms with E-state index in [2.05, 4.69) is 21.2 Å². The molecule has 0 bridgehead atoms. The molecule has 0 fully saturated rings. The molecule has 0 saturated heterocycles. The number of anilines is 2. The van der Waals surface area contributed by atoms with E-state index >= 15 is 0 Å². The van der Waals surface area contributed by atoms with Crippen LogP contribution in [-0.2, 0) is 6.61 Å². The number of carbonyl (C=O) groups is 1. The minimum absolute atomic E-state index is 0.130. The Kier molecular flexibility index (Phi) is 4.19. The van der Waals surface area contributed by atoms with Gasteiger partial charge < -0.3 is 16.2 Å². The first kappa shape index (κ1) is 13.6. The number of nitrogens with two attached hydrogens (primary N) is 1. The minimum atomic E-state index is -0.278. The molecule has 0 saturated carbocycles. The van der Waals surface area contributed by atoms with Crippen LogP contribution in [0.4, 0.5) is 11.4 Å². The lowest BCUT2D eigenvalue weighted by Gasteiger charge is -2.10. The van der Waals surface area contributed by atoms with E-state index in [0.717, 1.165) is 0 Å². The topological polar surface area (TPSA) is 75.4 Å². The monoisotopic (exact) mass is 320 g/mol. The summed E-state index contributed by atoms with van der Waals surface area (Å²) in [6.07, 6.45) is 0. The minimum Gasteiger partial charge on any atom is -0.399 e. The van der Waals surface area contributed by atoms with Crippen LogP contribution in [0.3, 0.4) is 0 Å². The maximum Gasteiger partial charge on any atom is 0.256 e. The second kappa shape index (κ2) is 5.86. The summed E-state index contributed by atoms with van der Waals surface area (Å²) in [5.74, 6) is -0.278. The van der Waals surface area contributed by atoms with Crippen LogP contribution in [0.1, 0.15) is 15.9 Å². The maximum absolute atomic E-state index is 12.2. The van der Waals surface area contributed by atoms with Gasteiger partial charge in [0.2, 0.25) is 0 Å². The number of hydrogen-bond acceptors (Lipinski definition) is 3. The molecule has 2 rings (SSSR count). The number of carbonyl (C=O) groups excluding carboxylic acids is 1. The van der Waals surface area contributed by atoms with Gasteiger partial charge in [-0.05, 0) is 40.2 Å². The maximum atomic E-state index is 12.2. The largest absolute Gasteiger partial charge is 0.399 e. The molecule has 0 aliphatic rings. The van der Waals surface area contributed by atoms with Gasteiger partial charge in [-0.2, -0.15) is 0 Å². The van der Waals surface area contributed by atoms with E-state index in [4.69, 9.17) is 5.73 Å². The Morgan fingerprint density at radius 3 is 2.74 bits per heavy atom. The van der Waals surface area contributed by atoms with Gasteiger partial charge in [0.15, 0.2) is 0 Å². The molecule has 0 spiro atoms. The summed E-state index contributed by atoms with van der Waals surface area (Å²) < 4.78 is 0.667. The Balaban J connectivity index is 2.28. The van der Waals surface area contributed by atoms with Gasteiger partial charge in [-0.15, -0.1) is 0 Å². The average Bonchev–Trinajstić information content (AvgIpc) is 2.42. The third kappa shape index (κ3) is 3.13. The van der Waals surface area contributed by atoms with E-state index in [1.54, 1.807) is 42.5 Å². The van der Waals surface area contributed by atoms with Crippen molar-refractivity contribution in [2.75, 3.05) is 11.1 Å². The highest BCUT2D eigenvalue weighted by Gasteiger charge is 2.12.